The minimum atomic E-state index is -0.370. The first-order valence-electron chi connectivity index (χ1n) is 9.68. The summed E-state index contributed by atoms with van der Waals surface area (Å²) in [5.41, 5.74) is 4.68. The highest BCUT2D eigenvalue weighted by Crippen LogP contribution is 2.34. The van der Waals surface area contributed by atoms with E-state index in [0.717, 1.165) is 36.3 Å². The third-order valence-electron chi connectivity index (χ3n) is 5.59. The fourth-order valence-corrected chi connectivity index (χ4v) is 4.14. The third kappa shape index (κ3) is 3.19. The number of aryl methyl sites for hydroxylation is 1. The molecule has 2 aromatic heterocycles. The van der Waals surface area contributed by atoms with E-state index in [4.69, 9.17) is 4.52 Å². The molecule has 2 aliphatic heterocycles. The minimum absolute atomic E-state index is 0.0821. The van der Waals surface area contributed by atoms with Gasteiger partial charge in [-0.2, -0.15) is 4.98 Å². The quantitative estimate of drug-likeness (QED) is 0.737. The molecular formula is C21H20FN5O2. The van der Waals surface area contributed by atoms with Gasteiger partial charge in [0.25, 0.3) is 0 Å². The van der Waals surface area contributed by atoms with Gasteiger partial charge in [-0.3, -0.25) is 9.78 Å². The number of halogens is 1. The first kappa shape index (κ1) is 17.9. The zero-order valence-electron chi connectivity index (χ0n) is 16.0. The number of hydrogen-bond donors (Lipinski definition) is 1. The Morgan fingerprint density at radius 1 is 1.34 bits per heavy atom. The van der Waals surface area contributed by atoms with Crippen molar-refractivity contribution in [1.82, 2.24) is 20.4 Å². The average Bonchev–Trinajstić information content (AvgIpc) is 3.35. The lowest BCUT2D eigenvalue weighted by molar-refractivity contribution is -0.117. The molecule has 0 aliphatic carbocycles. The van der Waals surface area contributed by atoms with Gasteiger partial charge in [0.05, 0.1) is 5.92 Å². The van der Waals surface area contributed by atoms with E-state index in [1.165, 1.54) is 17.7 Å². The van der Waals surface area contributed by atoms with Crippen molar-refractivity contribution in [3.63, 3.8) is 0 Å². The van der Waals surface area contributed by atoms with E-state index < -0.39 is 0 Å². The van der Waals surface area contributed by atoms with Crippen molar-refractivity contribution in [3.05, 3.63) is 59.0 Å². The number of anilines is 1. The molecule has 148 valence electrons. The van der Waals surface area contributed by atoms with Crippen molar-refractivity contribution in [2.75, 3.05) is 18.0 Å². The predicted molar refractivity (Wildman–Crippen MR) is 104 cm³/mol. The Morgan fingerprint density at radius 3 is 3.10 bits per heavy atom. The van der Waals surface area contributed by atoms with Crippen molar-refractivity contribution >= 4 is 11.6 Å². The van der Waals surface area contributed by atoms with Crippen LogP contribution in [-0.2, 0) is 17.8 Å². The number of rotatable bonds is 3. The van der Waals surface area contributed by atoms with Gasteiger partial charge in [0.2, 0.25) is 17.6 Å². The molecule has 1 aromatic carbocycles. The normalized spacial score (nSPS) is 18.9. The number of carbonyl (C=O) groups excluding carboxylic acids is 1. The molecule has 7 nitrogen and oxygen atoms in total. The molecule has 1 atom stereocenters. The lowest BCUT2D eigenvalue weighted by Gasteiger charge is -2.19. The standard InChI is InChI=1S/C21H20FN5O2/c1-12-19(17-5-6-23-9-14(17)10-24-12)20-25-21(29-26-20)13-7-18(28)27(11-13)16-4-2-3-15(22)8-16/h2-4,8,10,13,23H,5-7,9,11H2,1H3. The summed E-state index contributed by atoms with van der Waals surface area (Å²) in [4.78, 5) is 23.2. The van der Waals surface area contributed by atoms with Crippen LogP contribution in [0.2, 0.25) is 0 Å². The van der Waals surface area contributed by atoms with Crippen molar-refractivity contribution in [2.45, 2.75) is 32.2 Å². The van der Waals surface area contributed by atoms with Crippen molar-refractivity contribution in [2.24, 2.45) is 0 Å². The monoisotopic (exact) mass is 393 g/mol. The second-order valence-corrected chi connectivity index (χ2v) is 7.49. The van der Waals surface area contributed by atoms with Crippen LogP contribution in [-0.4, -0.2) is 34.1 Å². The lowest BCUT2D eigenvalue weighted by atomic mass is 9.95. The van der Waals surface area contributed by atoms with E-state index in [-0.39, 0.29) is 24.1 Å². The van der Waals surface area contributed by atoms with Crippen LogP contribution in [0.5, 0.6) is 0 Å². The number of carbonyl (C=O) groups is 1. The zero-order chi connectivity index (χ0) is 20.0. The molecule has 1 unspecified atom stereocenters. The summed E-state index contributed by atoms with van der Waals surface area (Å²) < 4.78 is 19.1. The summed E-state index contributed by atoms with van der Waals surface area (Å²) in [5, 5.41) is 7.54. The second-order valence-electron chi connectivity index (χ2n) is 7.49. The van der Waals surface area contributed by atoms with E-state index >= 15 is 0 Å². The molecule has 4 heterocycles. The third-order valence-corrected chi connectivity index (χ3v) is 5.59. The van der Waals surface area contributed by atoms with Crippen LogP contribution in [0.25, 0.3) is 11.4 Å². The summed E-state index contributed by atoms with van der Waals surface area (Å²) >= 11 is 0. The van der Waals surface area contributed by atoms with Crippen molar-refractivity contribution in [3.8, 4) is 11.4 Å². The molecule has 3 aromatic rings. The van der Waals surface area contributed by atoms with Crippen LogP contribution >= 0.6 is 0 Å². The molecule has 0 radical (unpaired) electrons. The summed E-state index contributed by atoms with van der Waals surface area (Å²) in [6, 6.07) is 6.04. The number of hydrogen-bond acceptors (Lipinski definition) is 6. The number of amides is 1. The summed E-state index contributed by atoms with van der Waals surface area (Å²) in [6.45, 7) is 4.00. The topological polar surface area (TPSA) is 84.2 Å². The molecule has 0 spiro atoms. The van der Waals surface area contributed by atoms with Crippen LogP contribution < -0.4 is 10.2 Å². The van der Waals surface area contributed by atoms with E-state index in [2.05, 4.69) is 20.4 Å². The number of nitrogens with one attached hydrogen (secondary N) is 1. The van der Waals surface area contributed by atoms with E-state index in [0.29, 0.717) is 23.9 Å². The van der Waals surface area contributed by atoms with Crippen LogP contribution in [0.15, 0.2) is 35.0 Å². The summed E-state index contributed by atoms with van der Waals surface area (Å²) in [6.07, 6.45) is 3.03. The van der Waals surface area contributed by atoms with Gasteiger partial charge in [-0.05, 0) is 49.2 Å². The van der Waals surface area contributed by atoms with Crippen LogP contribution in [0, 0.1) is 12.7 Å². The Labute approximate surface area is 166 Å². The van der Waals surface area contributed by atoms with E-state index in [1.807, 2.05) is 13.1 Å². The first-order valence-corrected chi connectivity index (χ1v) is 9.68. The Balaban J connectivity index is 1.44. The fraction of sp³-hybridized carbons (Fsp3) is 0.333. The Morgan fingerprint density at radius 2 is 2.24 bits per heavy atom. The van der Waals surface area contributed by atoms with E-state index in [9.17, 15) is 9.18 Å². The van der Waals surface area contributed by atoms with Crippen LogP contribution in [0.4, 0.5) is 10.1 Å². The largest absolute Gasteiger partial charge is 0.339 e. The van der Waals surface area contributed by atoms with Gasteiger partial charge < -0.3 is 14.7 Å². The average molecular weight is 393 g/mol. The maximum atomic E-state index is 13.5. The highest BCUT2D eigenvalue weighted by molar-refractivity contribution is 5.96. The van der Waals surface area contributed by atoms with Gasteiger partial charge >= 0.3 is 0 Å². The van der Waals surface area contributed by atoms with Gasteiger partial charge in [-0.15, -0.1) is 0 Å². The maximum Gasteiger partial charge on any atom is 0.232 e. The Bertz CT molecular complexity index is 1100. The maximum absolute atomic E-state index is 13.5. The Kier molecular flexibility index (Phi) is 4.35. The molecule has 8 heteroatoms. The molecule has 1 N–H and O–H groups in total. The number of aromatic nitrogens is 3. The van der Waals surface area contributed by atoms with Gasteiger partial charge in [0.15, 0.2) is 0 Å². The summed E-state index contributed by atoms with van der Waals surface area (Å²) in [7, 11) is 0. The van der Waals surface area contributed by atoms with Gasteiger partial charge in [0.1, 0.15) is 5.82 Å². The minimum Gasteiger partial charge on any atom is -0.339 e. The summed E-state index contributed by atoms with van der Waals surface area (Å²) in [5.74, 6) is 0.270. The number of pyridine rings is 1. The van der Waals surface area contributed by atoms with Gasteiger partial charge in [0, 0.05) is 42.7 Å². The fourth-order valence-electron chi connectivity index (χ4n) is 4.14. The molecule has 5 rings (SSSR count). The molecule has 1 amide bonds. The highest BCUT2D eigenvalue weighted by atomic mass is 19.1. The highest BCUT2D eigenvalue weighted by Gasteiger charge is 2.35. The molecule has 2 aliphatic rings. The smallest absolute Gasteiger partial charge is 0.232 e. The lowest BCUT2D eigenvalue weighted by Crippen LogP contribution is -2.25. The zero-order valence-corrected chi connectivity index (χ0v) is 16.0. The molecule has 1 fully saturated rings. The Hall–Kier alpha value is -3.13. The van der Waals surface area contributed by atoms with Crippen molar-refractivity contribution in [1.29, 1.82) is 0 Å². The first-order chi connectivity index (χ1) is 14.1. The van der Waals surface area contributed by atoms with Crippen LogP contribution in [0.1, 0.15) is 35.1 Å². The second kappa shape index (κ2) is 7.04. The molecule has 0 saturated carbocycles. The van der Waals surface area contributed by atoms with Crippen LogP contribution in [0.3, 0.4) is 0 Å². The predicted octanol–water partition coefficient (Wildman–Crippen LogP) is 2.75. The molecular weight excluding hydrogens is 373 g/mol. The SMILES string of the molecule is Cc1ncc2c(c1-c1noc(C3CC(=O)N(c4cccc(F)c4)C3)n1)CCNC2. The van der Waals surface area contributed by atoms with Crippen molar-refractivity contribution < 1.29 is 13.7 Å². The van der Waals surface area contributed by atoms with E-state index in [1.54, 1.807) is 17.0 Å². The van der Waals surface area contributed by atoms with Gasteiger partial charge in [-0.1, -0.05) is 11.2 Å². The number of nitrogens with zero attached hydrogens (tertiary/aromatic N) is 4. The number of fused-ring (bicyclic) bond motifs is 1. The molecule has 29 heavy (non-hydrogen) atoms. The number of benzene rings is 1. The molecule has 1 saturated heterocycles. The van der Waals surface area contributed by atoms with Gasteiger partial charge in [-0.25, -0.2) is 4.39 Å². The molecule has 0 bridgehead atoms.